The van der Waals surface area contributed by atoms with Gasteiger partial charge in [-0.25, -0.2) is 9.36 Å². The Balaban J connectivity index is 1.59. The van der Waals surface area contributed by atoms with Crippen molar-refractivity contribution in [2.24, 2.45) is 0 Å². The van der Waals surface area contributed by atoms with Gasteiger partial charge in [0.15, 0.2) is 5.52 Å². The van der Waals surface area contributed by atoms with Crippen molar-refractivity contribution in [3.63, 3.8) is 0 Å². The molecule has 1 aliphatic carbocycles. The molecule has 3 aromatic rings. The van der Waals surface area contributed by atoms with Gasteiger partial charge in [-0.1, -0.05) is 29.8 Å². The minimum atomic E-state index is -0.710. The van der Waals surface area contributed by atoms with E-state index in [1.165, 1.54) is 23.1 Å². The van der Waals surface area contributed by atoms with Gasteiger partial charge in [-0.05, 0) is 65.0 Å². The minimum absolute atomic E-state index is 0.205. The SMILES string of the molecule is Cc1nn([C@@H](C)C(=O)NCCC2=CCCCC2)c(=O)c2nn(-c3ccccc3)c(C)c12. The number of carbonyl (C=O) groups is 1. The van der Waals surface area contributed by atoms with Gasteiger partial charge in [0.25, 0.3) is 5.56 Å². The molecule has 0 fully saturated rings. The largest absolute Gasteiger partial charge is 0.354 e. The minimum Gasteiger partial charge on any atom is -0.354 e. The zero-order valence-electron chi connectivity index (χ0n) is 18.4. The molecule has 0 bridgehead atoms. The van der Waals surface area contributed by atoms with Crippen LogP contribution in [0.2, 0.25) is 0 Å². The predicted molar refractivity (Wildman–Crippen MR) is 121 cm³/mol. The lowest BCUT2D eigenvalue weighted by molar-refractivity contribution is -0.124. The Morgan fingerprint density at radius 3 is 2.65 bits per heavy atom. The fourth-order valence-corrected chi connectivity index (χ4v) is 4.27. The van der Waals surface area contributed by atoms with Gasteiger partial charge in [0, 0.05) is 6.54 Å². The van der Waals surface area contributed by atoms with E-state index < -0.39 is 6.04 Å². The Bertz CT molecular complexity index is 1190. The van der Waals surface area contributed by atoms with Crippen molar-refractivity contribution in [3.05, 3.63) is 63.7 Å². The molecule has 1 aromatic carbocycles. The molecular weight excluding hydrogens is 390 g/mol. The summed E-state index contributed by atoms with van der Waals surface area (Å²) in [4.78, 5) is 25.9. The highest BCUT2D eigenvalue weighted by Crippen LogP contribution is 2.22. The van der Waals surface area contributed by atoms with E-state index in [0.717, 1.165) is 36.0 Å². The maximum atomic E-state index is 13.2. The van der Waals surface area contributed by atoms with E-state index in [-0.39, 0.29) is 11.5 Å². The monoisotopic (exact) mass is 419 g/mol. The zero-order chi connectivity index (χ0) is 22.0. The van der Waals surface area contributed by atoms with Gasteiger partial charge >= 0.3 is 0 Å². The highest BCUT2D eigenvalue weighted by atomic mass is 16.2. The Kier molecular flexibility index (Phi) is 6.02. The van der Waals surface area contributed by atoms with Crippen LogP contribution in [0.15, 0.2) is 46.8 Å². The number of benzene rings is 1. The molecule has 0 radical (unpaired) electrons. The number of aromatic nitrogens is 4. The molecule has 2 aromatic heterocycles. The number of aryl methyl sites for hydroxylation is 2. The lowest BCUT2D eigenvalue weighted by Crippen LogP contribution is -2.38. The fourth-order valence-electron chi connectivity index (χ4n) is 4.27. The molecule has 7 heteroatoms. The van der Waals surface area contributed by atoms with Gasteiger partial charge in [0.05, 0.1) is 22.5 Å². The Morgan fingerprint density at radius 2 is 1.94 bits per heavy atom. The van der Waals surface area contributed by atoms with Crippen molar-refractivity contribution in [2.75, 3.05) is 6.54 Å². The quantitative estimate of drug-likeness (QED) is 0.617. The van der Waals surface area contributed by atoms with Gasteiger partial charge in [-0.3, -0.25) is 9.59 Å². The summed E-state index contributed by atoms with van der Waals surface area (Å²) in [6, 6.07) is 8.97. The Morgan fingerprint density at radius 1 is 1.16 bits per heavy atom. The number of allylic oxidation sites excluding steroid dienone is 1. The smallest absolute Gasteiger partial charge is 0.295 e. The van der Waals surface area contributed by atoms with Crippen LogP contribution in [0.4, 0.5) is 0 Å². The van der Waals surface area contributed by atoms with Gasteiger partial charge in [0.1, 0.15) is 6.04 Å². The van der Waals surface area contributed by atoms with Crippen LogP contribution in [-0.4, -0.2) is 32.0 Å². The van der Waals surface area contributed by atoms with E-state index in [0.29, 0.717) is 17.8 Å². The summed E-state index contributed by atoms with van der Waals surface area (Å²) in [5, 5.41) is 12.7. The number of fused-ring (bicyclic) bond motifs is 1. The number of hydrogen-bond acceptors (Lipinski definition) is 4. The van der Waals surface area contributed by atoms with Crippen molar-refractivity contribution in [2.45, 2.75) is 58.9 Å². The van der Waals surface area contributed by atoms with Gasteiger partial charge < -0.3 is 5.32 Å². The molecule has 7 nitrogen and oxygen atoms in total. The molecule has 1 atom stereocenters. The lowest BCUT2D eigenvalue weighted by atomic mass is 9.97. The van der Waals surface area contributed by atoms with E-state index in [9.17, 15) is 9.59 Å². The topological polar surface area (TPSA) is 81.8 Å². The summed E-state index contributed by atoms with van der Waals surface area (Å²) in [7, 11) is 0. The molecule has 0 unspecified atom stereocenters. The van der Waals surface area contributed by atoms with Crippen LogP contribution in [-0.2, 0) is 4.79 Å². The number of nitrogens with zero attached hydrogens (tertiary/aromatic N) is 4. The summed E-state index contributed by atoms with van der Waals surface area (Å²) >= 11 is 0. The van der Waals surface area contributed by atoms with Crippen molar-refractivity contribution in [1.82, 2.24) is 24.9 Å². The van der Waals surface area contributed by atoms with Crippen LogP contribution in [0, 0.1) is 13.8 Å². The lowest BCUT2D eigenvalue weighted by Gasteiger charge is -2.16. The number of nitrogens with one attached hydrogen (secondary N) is 1. The Labute approximate surface area is 181 Å². The molecule has 1 amide bonds. The van der Waals surface area contributed by atoms with E-state index in [1.54, 1.807) is 11.6 Å². The van der Waals surface area contributed by atoms with E-state index in [1.807, 2.05) is 44.2 Å². The highest BCUT2D eigenvalue weighted by Gasteiger charge is 2.23. The molecular formula is C24H29N5O2. The average Bonchev–Trinajstić information content (AvgIpc) is 3.15. The molecule has 0 saturated heterocycles. The first-order chi connectivity index (χ1) is 15.0. The van der Waals surface area contributed by atoms with Crippen molar-refractivity contribution >= 4 is 16.8 Å². The van der Waals surface area contributed by atoms with Crippen LogP contribution >= 0.6 is 0 Å². The normalized spacial score (nSPS) is 15.0. The third-order valence-electron chi connectivity index (χ3n) is 6.02. The van der Waals surface area contributed by atoms with E-state index in [2.05, 4.69) is 21.6 Å². The van der Waals surface area contributed by atoms with Crippen molar-refractivity contribution in [1.29, 1.82) is 0 Å². The van der Waals surface area contributed by atoms with Crippen LogP contribution in [0.5, 0.6) is 0 Å². The number of amides is 1. The first kappa shape index (κ1) is 21.0. The first-order valence-corrected chi connectivity index (χ1v) is 11.0. The number of rotatable bonds is 6. The summed E-state index contributed by atoms with van der Waals surface area (Å²) in [6.45, 7) is 6.06. The molecule has 31 heavy (non-hydrogen) atoms. The number of para-hydroxylation sites is 1. The molecule has 0 spiro atoms. The predicted octanol–water partition coefficient (Wildman–Crippen LogP) is 3.77. The molecule has 0 aliphatic heterocycles. The molecule has 4 rings (SSSR count). The van der Waals surface area contributed by atoms with Crippen molar-refractivity contribution in [3.8, 4) is 5.69 Å². The van der Waals surface area contributed by atoms with Crippen LogP contribution in [0.1, 0.15) is 56.5 Å². The third-order valence-corrected chi connectivity index (χ3v) is 6.02. The van der Waals surface area contributed by atoms with Crippen LogP contribution in [0.3, 0.4) is 0 Å². The second-order valence-electron chi connectivity index (χ2n) is 8.22. The van der Waals surface area contributed by atoms with Gasteiger partial charge in [0.2, 0.25) is 5.91 Å². The van der Waals surface area contributed by atoms with Gasteiger partial charge in [-0.2, -0.15) is 10.2 Å². The zero-order valence-corrected chi connectivity index (χ0v) is 18.4. The molecule has 1 N–H and O–H groups in total. The van der Waals surface area contributed by atoms with Crippen LogP contribution < -0.4 is 10.9 Å². The maximum Gasteiger partial charge on any atom is 0.295 e. The summed E-state index contributed by atoms with van der Waals surface area (Å²) in [5.41, 5.74) is 3.81. The van der Waals surface area contributed by atoms with E-state index >= 15 is 0 Å². The van der Waals surface area contributed by atoms with Crippen molar-refractivity contribution < 1.29 is 4.79 Å². The van der Waals surface area contributed by atoms with Crippen LogP contribution in [0.25, 0.3) is 16.6 Å². The highest BCUT2D eigenvalue weighted by molar-refractivity contribution is 5.84. The molecule has 0 saturated carbocycles. The van der Waals surface area contributed by atoms with Gasteiger partial charge in [-0.15, -0.1) is 0 Å². The maximum absolute atomic E-state index is 13.2. The average molecular weight is 420 g/mol. The summed E-state index contributed by atoms with van der Waals surface area (Å²) < 4.78 is 3.02. The Hall–Kier alpha value is -3.22. The number of hydrogen-bond donors (Lipinski definition) is 1. The first-order valence-electron chi connectivity index (χ1n) is 11.0. The summed E-state index contributed by atoms with van der Waals surface area (Å²) in [6.07, 6.45) is 7.87. The molecule has 2 heterocycles. The molecule has 1 aliphatic rings. The van der Waals surface area contributed by atoms with E-state index in [4.69, 9.17) is 0 Å². The standard InChI is InChI=1S/C24H29N5O2/c1-16-21-17(2)28(20-12-8-5-9-13-20)27-22(21)24(31)29(26-16)18(3)23(30)25-15-14-19-10-6-4-7-11-19/h5,8-10,12-13,18H,4,6-7,11,14-15H2,1-3H3,(H,25,30)/t18-/m0/s1. The number of carbonyl (C=O) groups excluding carboxylic acids is 1. The summed E-state index contributed by atoms with van der Waals surface area (Å²) in [5.74, 6) is -0.205. The second kappa shape index (κ2) is 8.88. The second-order valence-corrected chi connectivity index (χ2v) is 8.22. The molecule has 162 valence electrons. The third kappa shape index (κ3) is 4.17. The fraction of sp³-hybridized carbons (Fsp3) is 0.417.